The summed E-state index contributed by atoms with van der Waals surface area (Å²) < 4.78 is 0. The highest BCUT2D eigenvalue weighted by molar-refractivity contribution is 6.32. The van der Waals surface area contributed by atoms with Crippen LogP contribution >= 0.6 is 0 Å². The topological polar surface area (TPSA) is 3.24 Å². The Balaban J connectivity index is 1.36. The molecule has 0 atom stereocenters. The van der Waals surface area contributed by atoms with Gasteiger partial charge in [-0.3, -0.25) is 0 Å². The number of para-hydroxylation sites is 1. The van der Waals surface area contributed by atoms with Crippen LogP contribution in [0.15, 0.2) is 188 Å². The van der Waals surface area contributed by atoms with Crippen LogP contribution in [0, 0.1) is 13.8 Å². The zero-order chi connectivity index (χ0) is 34.3. The Morgan fingerprint density at radius 2 is 0.765 bits per heavy atom. The van der Waals surface area contributed by atoms with Gasteiger partial charge in [0.15, 0.2) is 0 Å². The van der Waals surface area contributed by atoms with Crippen LogP contribution < -0.4 is 4.90 Å². The monoisotopic (exact) mass is 651 g/mol. The smallest absolute Gasteiger partial charge is 0.0466 e. The van der Waals surface area contributed by atoms with Gasteiger partial charge in [0.2, 0.25) is 0 Å². The third kappa shape index (κ3) is 5.44. The Morgan fingerprint density at radius 1 is 0.314 bits per heavy atom. The van der Waals surface area contributed by atoms with Crippen molar-refractivity contribution < 1.29 is 0 Å². The molecular weight excluding hydrogens is 615 g/mol. The molecule has 0 aliphatic heterocycles. The molecule has 1 nitrogen and oxygen atoms in total. The number of rotatable bonds is 6. The maximum atomic E-state index is 2.44. The third-order valence-corrected chi connectivity index (χ3v) is 10.1. The molecule has 9 rings (SSSR count). The minimum atomic E-state index is 1.12. The van der Waals surface area contributed by atoms with Gasteiger partial charge >= 0.3 is 0 Å². The Labute approximate surface area is 299 Å². The van der Waals surface area contributed by atoms with E-state index in [1.54, 1.807) is 0 Å². The fourth-order valence-electron chi connectivity index (χ4n) is 7.98. The molecule has 0 aliphatic carbocycles. The molecule has 0 heterocycles. The standard InChI is InChI=1S/C50H37N/c1-34-30-35(2)32-41(31-34)51(39-20-10-5-11-21-39)40-28-26-37(27-29-40)47-33-46(36-16-6-3-7-17-36)48(38-18-8-4-9-19-38)50-45-25-15-13-23-43(45)42-22-12-14-24-44(42)49(47)50/h3-33H,1-2H3. The van der Waals surface area contributed by atoms with Crippen molar-refractivity contribution >= 4 is 49.4 Å². The van der Waals surface area contributed by atoms with Gasteiger partial charge in [-0.05, 0) is 133 Å². The second kappa shape index (κ2) is 12.8. The molecule has 0 bridgehead atoms. The summed E-state index contributed by atoms with van der Waals surface area (Å²) in [7, 11) is 0. The highest BCUT2D eigenvalue weighted by Gasteiger charge is 2.22. The highest BCUT2D eigenvalue weighted by Crippen LogP contribution is 2.49. The van der Waals surface area contributed by atoms with Crippen LogP contribution in [0.5, 0.6) is 0 Å². The molecule has 0 aromatic heterocycles. The van der Waals surface area contributed by atoms with Crippen molar-refractivity contribution in [2.45, 2.75) is 13.8 Å². The highest BCUT2D eigenvalue weighted by atomic mass is 15.1. The zero-order valence-corrected chi connectivity index (χ0v) is 28.8. The summed E-state index contributed by atoms with van der Waals surface area (Å²) in [6, 6.07) is 68.7. The molecule has 0 amide bonds. The van der Waals surface area contributed by atoms with Crippen LogP contribution in [0.2, 0.25) is 0 Å². The minimum absolute atomic E-state index is 1.12. The van der Waals surface area contributed by atoms with Crippen molar-refractivity contribution in [3.05, 3.63) is 199 Å². The Morgan fingerprint density at radius 3 is 1.35 bits per heavy atom. The van der Waals surface area contributed by atoms with Gasteiger partial charge in [0.1, 0.15) is 0 Å². The lowest BCUT2D eigenvalue weighted by Crippen LogP contribution is -2.10. The number of fused-ring (bicyclic) bond motifs is 6. The maximum absolute atomic E-state index is 2.44. The van der Waals surface area contributed by atoms with Crippen LogP contribution in [0.1, 0.15) is 11.1 Å². The van der Waals surface area contributed by atoms with Crippen molar-refractivity contribution in [1.82, 2.24) is 0 Å². The summed E-state index contributed by atoms with van der Waals surface area (Å²) in [5, 5.41) is 7.65. The van der Waals surface area contributed by atoms with Crippen molar-refractivity contribution in [3.63, 3.8) is 0 Å². The van der Waals surface area contributed by atoms with Gasteiger partial charge in [0.25, 0.3) is 0 Å². The van der Waals surface area contributed by atoms with E-state index in [0.29, 0.717) is 0 Å². The SMILES string of the molecule is Cc1cc(C)cc(N(c2ccccc2)c2ccc(-c3cc(-c4ccccc4)c(-c4ccccc4)c4c5ccccc5c5ccccc5c34)cc2)c1. The molecule has 0 radical (unpaired) electrons. The van der Waals surface area contributed by atoms with E-state index >= 15 is 0 Å². The predicted octanol–water partition coefficient (Wildman–Crippen LogP) is 14.2. The van der Waals surface area contributed by atoms with E-state index < -0.39 is 0 Å². The molecule has 51 heavy (non-hydrogen) atoms. The minimum Gasteiger partial charge on any atom is -0.310 e. The average Bonchev–Trinajstić information content (AvgIpc) is 3.18. The first-order chi connectivity index (χ1) is 25.1. The van der Waals surface area contributed by atoms with E-state index in [2.05, 4.69) is 207 Å². The fourth-order valence-corrected chi connectivity index (χ4v) is 7.98. The van der Waals surface area contributed by atoms with E-state index in [1.807, 2.05) is 0 Å². The molecule has 1 heteroatoms. The molecule has 242 valence electrons. The van der Waals surface area contributed by atoms with Crippen molar-refractivity contribution in [2.75, 3.05) is 4.90 Å². The van der Waals surface area contributed by atoms with Crippen LogP contribution in [-0.2, 0) is 0 Å². The number of benzene rings is 9. The van der Waals surface area contributed by atoms with Crippen molar-refractivity contribution in [3.8, 4) is 33.4 Å². The lowest BCUT2D eigenvalue weighted by atomic mass is 9.81. The fraction of sp³-hybridized carbons (Fsp3) is 0.0400. The molecule has 0 aliphatic rings. The number of hydrogen-bond acceptors (Lipinski definition) is 1. The molecule has 9 aromatic carbocycles. The van der Waals surface area contributed by atoms with Gasteiger partial charge in [-0.25, -0.2) is 0 Å². The summed E-state index contributed by atoms with van der Waals surface area (Å²) in [6.45, 7) is 4.34. The van der Waals surface area contributed by atoms with Gasteiger partial charge in [-0.15, -0.1) is 0 Å². The van der Waals surface area contributed by atoms with Crippen LogP contribution in [0.3, 0.4) is 0 Å². The summed E-state index contributed by atoms with van der Waals surface area (Å²) in [6.07, 6.45) is 0. The quantitative estimate of drug-likeness (QED) is 0.162. The largest absolute Gasteiger partial charge is 0.310 e. The van der Waals surface area contributed by atoms with Crippen molar-refractivity contribution in [2.24, 2.45) is 0 Å². The van der Waals surface area contributed by atoms with Crippen LogP contribution in [0.25, 0.3) is 65.7 Å². The van der Waals surface area contributed by atoms with E-state index in [-0.39, 0.29) is 0 Å². The number of hydrogen-bond donors (Lipinski definition) is 0. The van der Waals surface area contributed by atoms with Crippen molar-refractivity contribution in [1.29, 1.82) is 0 Å². The van der Waals surface area contributed by atoms with Gasteiger partial charge in [-0.2, -0.15) is 0 Å². The molecule has 0 saturated carbocycles. The first-order valence-corrected chi connectivity index (χ1v) is 17.7. The first kappa shape index (κ1) is 30.6. The van der Waals surface area contributed by atoms with E-state index in [0.717, 1.165) is 17.1 Å². The molecule has 0 saturated heterocycles. The molecule has 0 unspecified atom stereocenters. The summed E-state index contributed by atoms with van der Waals surface area (Å²) in [5.74, 6) is 0. The lowest BCUT2D eigenvalue weighted by Gasteiger charge is -2.26. The molecular formula is C50H37N. The molecule has 9 aromatic rings. The normalized spacial score (nSPS) is 11.3. The Bertz CT molecular complexity index is 2660. The van der Waals surface area contributed by atoms with Gasteiger partial charge < -0.3 is 4.90 Å². The summed E-state index contributed by atoms with van der Waals surface area (Å²) in [4.78, 5) is 2.36. The average molecular weight is 652 g/mol. The van der Waals surface area contributed by atoms with Gasteiger partial charge in [-0.1, -0.05) is 146 Å². The predicted molar refractivity (Wildman–Crippen MR) is 219 cm³/mol. The maximum Gasteiger partial charge on any atom is 0.0466 e. The second-order valence-corrected chi connectivity index (χ2v) is 13.5. The summed E-state index contributed by atoms with van der Waals surface area (Å²) >= 11 is 0. The Kier molecular flexibility index (Phi) is 7.67. The lowest BCUT2D eigenvalue weighted by molar-refractivity contribution is 1.25. The first-order valence-electron chi connectivity index (χ1n) is 17.7. The number of aryl methyl sites for hydroxylation is 2. The van der Waals surface area contributed by atoms with E-state index in [9.17, 15) is 0 Å². The van der Waals surface area contributed by atoms with E-state index in [1.165, 1.54) is 76.8 Å². The van der Waals surface area contributed by atoms with E-state index in [4.69, 9.17) is 0 Å². The third-order valence-electron chi connectivity index (χ3n) is 10.1. The van der Waals surface area contributed by atoms with Gasteiger partial charge in [0, 0.05) is 17.1 Å². The summed E-state index contributed by atoms with van der Waals surface area (Å²) in [5.41, 5.74) is 13.3. The van der Waals surface area contributed by atoms with Crippen LogP contribution in [-0.4, -0.2) is 0 Å². The van der Waals surface area contributed by atoms with Crippen LogP contribution in [0.4, 0.5) is 17.1 Å². The Hall–Kier alpha value is -6.44. The zero-order valence-electron chi connectivity index (χ0n) is 28.8. The van der Waals surface area contributed by atoms with Gasteiger partial charge in [0.05, 0.1) is 0 Å². The molecule has 0 fully saturated rings. The number of anilines is 3. The second-order valence-electron chi connectivity index (χ2n) is 13.5. The molecule has 0 N–H and O–H groups in total. The molecule has 0 spiro atoms. The number of nitrogens with zero attached hydrogens (tertiary/aromatic N) is 1.